The molecular formula is C9H17N3O3. The summed E-state index contributed by atoms with van der Waals surface area (Å²) in [6.07, 6.45) is -0.509. The molecular weight excluding hydrogens is 198 g/mol. The number of aliphatic hydroxyl groups is 1. The van der Waals surface area contributed by atoms with Crippen molar-refractivity contribution < 1.29 is 14.7 Å². The Bertz CT molecular complexity index is 285. The number of primary amides is 1. The molecule has 0 saturated carbocycles. The minimum atomic E-state index is -1.06. The number of carbonyl (C=O) groups is 2. The molecule has 1 saturated heterocycles. The van der Waals surface area contributed by atoms with Crippen molar-refractivity contribution in [2.24, 2.45) is 11.5 Å². The van der Waals surface area contributed by atoms with E-state index >= 15 is 0 Å². The molecule has 6 heteroatoms. The van der Waals surface area contributed by atoms with E-state index in [2.05, 4.69) is 0 Å². The molecule has 2 amide bonds. The summed E-state index contributed by atoms with van der Waals surface area (Å²) in [6, 6.07) is -0.740. The van der Waals surface area contributed by atoms with Gasteiger partial charge in [0.05, 0.1) is 11.6 Å². The van der Waals surface area contributed by atoms with Gasteiger partial charge in [0.2, 0.25) is 11.8 Å². The number of β-amino-alcohol motifs (C(OH)–C–C–N with tert-alkyl or cyclic N) is 1. The summed E-state index contributed by atoms with van der Waals surface area (Å²) in [7, 11) is 0. The Morgan fingerprint density at radius 2 is 2.00 bits per heavy atom. The van der Waals surface area contributed by atoms with Crippen LogP contribution in [0.4, 0.5) is 0 Å². The minimum absolute atomic E-state index is 0.118. The highest BCUT2D eigenvalue weighted by Gasteiger charge is 2.41. The van der Waals surface area contributed by atoms with Crippen LogP contribution in [0.2, 0.25) is 0 Å². The van der Waals surface area contributed by atoms with Crippen LogP contribution in [-0.4, -0.2) is 46.1 Å². The van der Waals surface area contributed by atoms with Gasteiger partial charge in [-0.3, -0.25) is 9.59 Å². The molecule has 0 radical (unpaired) electrons. The van der Waals surface area contributed by atoms with Crippen molar-refractivity contribution in [3.63, 3.8) is 0 Å². The van der Waals surface area contributed by atoms with Gasteiger partial charge in [0.1, 0.15) is 6.04 Å². The van der Waals surface area contributed by atoms with Gasteiger partial charge in [-0.2, -0.15) is 0 Å². The van der Waals surface area contributed by atoms with Crippen LogP contribution in [-0.2, 0) is 9.59 Å². The monoisotopic (exact) mass is 215 g/mol. The van der Waals surface area contributed by atoms with Gasteiger partial charge in [-0.1, -0.05) is 0 Å². The molecule has 0 aliphatic carbocycles. The van der Waals surface area contributed by atoms with E-state index in [0.29, 0.717) is 0 Å². The second kappa shape index (κ2) is 3.79. The van der Waals surface area contributed by atoms with Gasteiger partial charge >= 0.3 is 0 Å². The third kappa shape index (κ3) is 2.45. The Morgan fingerprint density at radius 1 is 1.47 bits per heavy atom. The average Bonchev–Trinajstić information content (AvgIpc) is 2.44. The van der Waals surface area contributed by atoms with E-state index < -0.39 is 23.6 Å². The summed E-state index contributed by atoms with van der Waals surface area (Å²) in [5.41, 5.74) is 9.73. The van der Waals surface area contributed by atoms with Crippen LogP contribution in [0.3, 0.4) is 0 Å². The lowest BCUT2D eigenvalue weighted by Gasteiger charge is -2.28. The summed E-state index contributed by atoms with van der Waals surface area (Å²) in [5, 5.41) is 9.39. The van der Waals surface area contributed by atoms with Gasteiger partial charge < -0.3 is 21.5 Å². The normalized spacial score (nSPS) is 26.8. The van der Waals surface area contributed by atoms with Crippen LogP contribution in [0.15, 0.2) is 0 Å². The third-order valence-electron chi connectivity index (χ3n) is 2.42. The Labute approximate surface area is 88.2 Å². The van der Waals surface area contributed by atoms with E-state index in [1.165, 1.54) is 4.90 Å². The fourth-order valence-electron chi connectivity index (χ4n) is 1.68. The number of nitrogens with zero attached hydrogens (tertiary/aromatic N) is 1. The molecule has 1 fully saturated rings. The zero-order valence-electron chi connectivity index (χ0n) is 8.93. The molecule has 0 spiro atoms. The minimum Gasteiger partial charge on any atom is -0.391 e. The first kappa shape index (κ1) is 11.9. The molecule has 0 bridgehead atoms. The zero-order chi connectivity index (χ0) is 11.8. The predicted molar refractivity (Wildman–Crippen MR) is 53.6 cm³/mol. The first-order valence-corrected chi connectivity index (χ1v) is 4.81. The van der Waals surface area contributed by atoms with Gasteiger partial charge in [0.25, 0.3) is 0 Å². The molecule has 5 N–H and O–H groups in total. The van der Waals surface area contributed by atoms with Gasteiger partial charge in [-0.25, -0.2) is 0 Å². The van der Waals surface area contributed by atoms with Crippen molar-refractivity contribution in [3.05, 3.63) is 0 Å². The topological polar surface area (TPSA) is 110 Å². The van der Waals surface area contributed by atoms with Crippen LogP contribution in [0.25, 0.3) is 0 Å². The van der Waals surface area contributed by atoms with Crippen molar-refractivity contribution in [1.82, 2.24) is 4.90 Å². The highest BCUT2D eigenvalue weighted by molar-refractivity contribution is 5.91. The van der Waals surface area contributed by atoms with Crippen molar-refractivity contribution in [3.8, 4) is 0 Å². The molecule has 2 unspecified atom stereocenters. The van der Waals surface area contributed by atoms with E-state index in [1.54, 1.807) is 13.8 Å². The van der Waals surface area contributed by atoms with Crippen LogP contribution in [0, 0.1) is 0 Å². The number of nitrogens with two attached hydrogens (primary N) is 2. The number of aliphatic hydroxyl groups excluding tert-OH is 1. The maximum Gasteiger partial charge on any atom is 0.242 e. The van der Waals surface area contributed by atoms with Crippen LogP contribution >= 0.6 is 0 Å². The summed E-state index contributed by atoms with van der Waals surface area (Å²) >= 11 is 0. The van der Waals surface area contributed by atoms with Crippen molar-refractivity contribution in [2.45, 2.75) is 38.0 Å². The van der Waals surface area contributed by atoms with E-state index in [0.717, 1.165) is 0 Å². The molecule has 1 rings (SSSR count). The van der Waals surface area contributed by atoms with Gasteiger partial charge in [-0.15, -0.1) is 0 Å². The fourth-order valence-corrected chi connectivity index (χ4v) is 1.68. The van der Waals surface area contributed by atoms with Crippen molar-refractivity contribution in [1.29, 1.82) is 0 Å². The number of likely N-dealkylation sites (tertiary alicyclic amines) is 1. The lowest BCUT2D eigenvalue weighted by Crippen LogP contribution is -2.55. The summed E-state index contributed by atoms with van der Waals surface area (Å²) < 4.78 is 0. The Hall–Kier alpha value is -1.14. The quantitative estimate of drug-likeness (QED) is 0.503. The number of carbonyl (C=O) groups excluding carboxylic acids is 2. The molecule has 1 heterocycles. The van der Waals surface area contributed by atoms with E-state index in [1.807, 2.05) is 0 Å². The maximum atomic E-state index is 11.8. The molecule has 0 aromatic rings. The van der Waals surface area contributed by atoms with E-state index in [4.69, 9.17) is 11.5 Å². The Kier molecular flexibility index (Phi) is 3.01. The van der Waals surface area contributed by atoms with Crippen LogP contribution < -0.4 is 11.5 Å². The molecule has 0 aromatic carbocycles. The first-order valence-electron chi connectivity index (χ1n) is 4.81. The van der Waals surface area contributed by atoms with Crippen LogP contribution in [0.5, 0.6) is 0 Å². The Morgan fingerprint density at radius 3 is 2.40 bits per heavy atom. The number of amides is 2. The standard InChI is InChI=1S/C9H17N3O3/c1-9(2,11)8(15)12-4-5(13)3-6(12)7(10)14/h5-6,13H,3-4,11H2,1-2H3,(H2,10,14). The molecule has 0 aromatic heterocycles. The second-order valence-electron chi connectivity index (χ2n) is 4.49. The predicted octanol–water partition coefficient (Wildman–Crippen LogP) is -1.83. The van der Waals surface area contributed by atoms with Gasteiger partial charge in [-0.05, 0) is 13.8 Å². The number of hydrogen-bond donors (Lipinski definition) is 3. The van der Waals surface area contributed by atoms with Crippen molar-refractivity contribution in [2.75, 3.05) is 6.54 Å². The highest BCUT2D eigenvalue weighted by atomic mass is 16.3. The summed E-state index contributed by atoms with van der Waals surface area (Å²) in [6.45, 7) is 3.23. The molecule has 1 aliphatic heterocycles. The Balaban J connectivity index is 2.85. The van der Waals surface area contributed by atoms with E-state index in [-0.39, 0.29) is 18.9 Å². The molecule has 1 aliphatic rings. The first-order chi connectivity index (χ1) is 6.73. The maximum absolute atomic E-state index is 11.8. The van der Waals surface area contributed by atoms with E-state index in [9.17, 15) is 14.7 Å². The lowest BCUT2D eigenvalue weighted by molar-refractivity contribution is -0.141. The van der Waals surface area contributed by atoms with Crippen molar-refractivity contribution >= 4 is 11.8 Å². The molecule has 2 atom stereocenters. The second-order valence-corrected chi connectivity index (χ2v) is 4.49. The molecule has 6 nitrogen and oxygen atoms in total. The zero-order valence-corrected chi connectivity index (χ0v) is 8.93. The largest absolute Gasteiger partial charge is 0.391 e. The molecule has 15 heavy (non-hydrogen) atoms. The SMILES string of the molecule is CC(C)(N)C(=O)N1CC(O)CC1C(N)=O. The van der Waals surface area contributed by atoms with Gasteiger partial charge in [0, 0.05) is 13.0 Å². The van der Waals surface area contributed by atoms with Gasteiger partial charge in [0.15, 0.2) is 0 Å². The summed E-state index contributed by atoms with van der Waals surface area (Å²) in [4.78, 5) is 24.1. The average molecular weight is 215 g/mol. The highest BCUT2D eigenvalue weighted by Crippen LogP contribution is 2.20. The number of hydrogen-bond acceptors (Lipinski definition) is 4. The fraction of sp³-hybridized carbons (Fsp3) is 0.778. The number of rotatable bonds is 2. The third-order valence-corrected chi connectivity index (χ3v) is 2.42. The smallest absolute Gasteiger partial charge is 0.242 e. The summed E-state index contributed by atoms with van der Waals surface area (Å²) in [5.74, 6) is -0.980. The molecule has 86 valence electrons. The van der Waals surface area contributed by atoms with Crippen LogP contribution in [0.1, 0.15) is 20.3 Å². The lowest BCUT2D eigenvalue weighted by atomic mass is 10.0.